The summed E-state index contributed by atoms with van der Waals surface area (Å²) in [6.45, 7) is 4.97. The number of rotatable bonds is 7. The minimum absolute atomic E-state index is 0.101. The lowest BCUT2D eigenvalue weighted by molar-refractivity contribution is -0.124. The predicted molar refractivity (Wildman–Crippen MR) is 67.7 cm³/mol. The molecule has 0 fully saturated rings. The normalized spacial score (nSPS) is 12.2. The number of ether oxygens (including phenoxy) is 1. The minimum atomic E-state index is -0.803. The van der Waals surface area contributed by atoms with E-state index in [-0.39, 0.29) is 5.75 Å². The number of amides is 1. The van der Waals surface area contributed by atoms with Gasteiger partial charge < -0.3 is 15.8 Å². The zero-order valence-corrected chi connectivity index (χ0v) is 10.7. The molecule has 1 atom stereocenters. The van der Waals surface area contributed by atoms with Crippen LogP contribution in [0, 0.1) is 5.82 Å². The van der Waals surface area contributed by atoms with Gasteiger partial charge in [0.15, 0.2) is 17.7 Å². The number of benzene rings is 1. The Kier molecular flexibility index (Phi) is 5.58. The maximum absolute atomic E-state index is 13.7. The first kappa shape index (κ1) is 14.4. The Bertz CT molecular complexity index is 410. The van der Waals surface area contributed by atoms with E-state index in [1.165, 1.54) is 6.07 Å². The van der Waals surface area contributed by atoms with Crippen molar-refractivity contribution in [3.63, 3.8) is 0 Å². The second-order valence-corrected chi connectivity index (χ2v) is 3.93. The van der Waals surface area contributed by atoms with E-state index in [1.807, 2.05) is 6.92 Å². The summed E-state index contributed by atoms with van der Waals surface area (Å²) in [5.41, 5.74) is 5.87. The Morgan fingerprint density at radius 1 is 1.50 bits per heavy atom. The number of carbonyl (C=O) groups excluding carboxylic acids is 1. The van der Waals surface area contributed by atoms with Gasteiger partial charge >= 0.3 is 0 Å². The summed E-state index contributed by atoms with van der Waals surface area (Å²) in [5.74, 6) is -0.968. The second-order valence-electron chi connectivity index (χ2n) is 3.93. The molecule has 1 aromatic rings. The summed E-state index contributed by atoms with van der Waals surface area (Å²) in [7, 11) is 0. The number of hydrogen-bond acceptors (Lipinski definition) is 3. The van der Waals surface area contributed by atoms with Gasteiger partial charge in [-0.25, -0.2) is 4.39 Å². The molecule has 1 aromatic carbocycles. The lowest BCUT2D eigenvalue weighted by Crippen LogP contribution is -2.33. The van der Waals surface area contributed by atoms with Gasteiger partial charge in [0.1, 0.15) is 0 Å². The van der Waals surface area contributed by atoms with Crippen LogP contribution < -0.4 is 15.8 Å². The van der Waals surface area contributed by atoms with E-state index in [4.69, 9.17) is 10.5 Å². The zero-order valence-electron chi connectivity index (χ0n) is 10.7. The first-order chi connectivity index (χ1) is 8.60. The van der Waals surface area contributed by atoms with Gasteiger partial charge in [-0.05, 0) is 19.0 Å². The summed E-state index contributed by atoms with van der Waals surface area (Å²) >= 11 is 0. The highest BCUT2D eigenvalue weighted by Gasteiger charge is 2.19. The van der Waals surface area contributed by atoms with Crippen molar-refractivity contribution in [1.82, 2.24) is 5.32 Å². The van der Waals surface area contributed by atoms with E-state index < -0.39 is 17.8 Å². The molecule has 4 nitrogen and oxygen atoms in total. The Balaban J connectivity index is 2.94. The third kappa shape index (κ3) is 3.70. The molecule has 0 saturated carbocycles. The summed E-state index contributed by atoms with van der Waals surface area (Å²) in [6, 6.07) is 4.67. The lowest BCUT2D eigenvalue weighted by Gasteiger charge is -2.17. The molecule has 0 aliphatic rings. The molecular formula is C13H19FN2O2. The Hall–Kier alpha value is -1.62. The molecule has 0 bridgehead atoms. The van der Waals surface area contributed by atoms with E-state index in [0.717, 1.165) is 6.54 Å². The number of nitrogens with two attached hydrogens (primary N) is 1. The molecule has 0 radical (unpaired) electrons. The van der Waals surface area contributed by atoms with Crippen molar-refractivity contribution in [3.8, 4) is 5.75 Å². The van der Waals surface area contributed by atoms with E-state index in [0.29, 0.717) is 18.5 Å². The van der Waals surface area contributed by atoms with Crippen LogP contribution in [0.15, 0.2) is 18.2 Å². The van der Waals surface area contributed by atoms with Gasteiger partial charge in [0.05, 0.1) is 0 Å². The van der Waals surface area contributed by atoms with Crippen molar-refractivity contribution in [2.24, 2.45) is 5.73 Å². The highest BCUT2D eigenvalue weighted by atomic mass is 19.1. The standard InChI is InChI=1S/C13H19FN2O2/c1-3-11(13(15)17)18-12-9(8-16-4-2)6-5-7-10(12)14/h5-7,11,16H,3-4,8H2,1-2H3,(H2,15,17). The summed E-state index contributed by atoms with van der Waals surface area (Å²) in [4.78, 5) is 11.1. The third-order valence-corrected chi connectivity index (χ3v) is 2.56. The molecular weight excluding hydrogens is 235 g/mol. The fraction of sp³-hybridized carbons (Fsp3) is 0.462. The molecule has 3 N–H and O–H groups in total. The summed E-state index contributed by atoms with van der Waals surface area (Å²) in [5, 5.41) is 3.09. The van der Waals surface area contributed by atoms with Crippen LogP contribution in [0.1, 0.15) is 25.8 Å². The molecule has 5 heteroatoms. The molecule has 0 saturated heterocycles. The number of para-hydroxylation sites is 1. The van der Waals surface area contributed by atoms with Crippen molar-refractivity contribution < 1.29 is 13.9 Å². The molecule has 0 aromatic heterocycles. The van der Waals surface area contributed by atoms with Gasteiger partial charge in [0.2, 0.25) is 0 Å². The van der Waals surface area contributed by atoms with Gasteiger partial charge in [-0.1, -0.05) is 26.0 Å². The van der Waals surface area contributed by atoms with Gasteiger partial charge in [-0.3, -0.25) is 4.79 Å². The average molecular weight is 254 g/mol. The van der Waals surface area contributed by atoms with Crippen LogP contribution in [0.25, 0.3) is 0 Å². The van der Waals surface area contributed by atoms with Crippen LogP contribution in [0.4, 0.5) is 4.39 Å². The van der Waals surface area contributed by atoms with Crippen LogP contribution in [0.3, 0.4) is 0 Å². The predicted octanol–water partition coefficient (Wildman–Crippen LogP) is 1.58. The molecule has 18 heavy (non-hydrogen) atoms. The maximum Gasteiger partial charge on any atom is 0.258 e. The number of nitrogens with one attached hydrogen (secondary N) is 1. The monoisotopic (exact) mass is 254 g/mol. The fourth-order valence-electron chi connectivity index (χ4n) is 1.57. The SMILES string of the molecule is CCNCc1cccc(F)c1OC(CC)C(N)=O. The fourth-order valence-corrected chi connectivity index (χ4v) is 1.57. The van der Waals surface area contributed by atoms with Crippen LogP contribution in [0.5, 0.6) is 5.75 Å². The number of hydrogen-bond donors (Lipinski definition) is 2. The quantitative estimate of drug-likeness (QED) is 0.776. The van der Waals surface area contributed by atoms with Crippen molar-refractivity contribution in [1.29, 1.82) is 0 Å². The van der Waals surface area contributed by atoms with Gasteiger partial charge in [0.25, 0.3) is 5.91 Å². The summed E-state index contributed by atoms with van der Waals surface area (Å²) < 4.78 is 19.1. The van der Waals surface area contributed by atoms with Crippen LogP contribution in [-0.2, 0) is 11.3 Å². The molecule has 0 heterocycles. The van der Waals surface area contributed by atoms with Crippen molar-refractivity contribution in [2.75, 3.05) is 6.54 Å². The Morgan fingerprint density at radius 2 is 2.22 bits per heavy atom. The highest BCUT2D eigenvalue weighted by Crippen LogP contribution is 2.24. The number of primary amides is 1. The largest absolute Gasteiger partial charge is 0.477 e. The van der Waals surface area contributed by atoms with E-state index >= 15 is 0 Å². The van der Waals surface area contributed by atoms with Crippen molar-refractivity contribution in [3.05, 3.63) is 29.6 Å². The van der Waals surface area contributed by atoms with Crippen LogP contribution >= 0.6 is 0 Å². The number of halogens is 1. The average Bonchev–Trinajstić information content (AvgIpc) is 2.34. The smallest absolute Gasteiger partial charge is 0.258 e. The molecule has 1 unspecified atom stereocenters. The second kappa shape index (κ2) is 6.96. The Labute approximate surface area is 106 Å². The zero-order chi connectivity index (χ0) is 13.5. The lowest BCUT2D eigenvalue weighted by atomic mass is 10.1. The topological polar surface area (TPSA) is 64.3 Å². The Morgan fingerprint density at radius 3 is 2.78 bits per heavy atom. The number of carbonyl (C=O) groups is 1. The van der Waals surface area contributed by atoms with Crippen molar-refractivity contribution in [2.45, 2.75) is 32.9 Å². The van der Waals surface area contributed by atoms with Gasteiger partial charge in [-0.15, -0.1) is 0 Å². The molecule has 1 amide bonds. The molecule has 1 rings (SSSR count). The third-order valence-electron chi connectivity index (χ3n) is 2.56. The molecule has 0 spiro atoms. The maximum atomic E-state index is 13.7. The molecule has 0 aliphatic heterocycles. The van der Waals surface area contributed by atoms with Crippen LogP contribution in [-0.4, -0.2) is 18.6 Å². The first-order valence-corrected chi connectivity index (χ1v) is 6.04. The molecule has 0 aliphatic carbocycles. The highest BCUT2D eigenvalue weighted by molar-refractivity contribution is 5.79. The van der Waals surface area contributed by atoms with E-state index in [1.54, 1.807) is 19.1 Å². The summed E-state index contributed by atoms with van der Waals surface area (Å²) in [6.07, 6.45) is -0.396. The van der Waals surface area contributed by atoms with Gasteiger partial charge in [0, 0.05) is 12.1 Å². The minimum Gasteiger partial charge on any atom is -0.477 e. The van der Waals surface area contributed by atoms with Gasteiger partial charge in [-0.2, -0.15) is 0 Å². The van der Waals surface area contributed by atoms with E-state index in [9.17, 15) is 9.18 Å². The first-order valence-electron chi connectivity index (χ1n) is 6.04. The molecule has 100 valence electrons. The van der Waals surface area contributed by atoms with Crippen molar-refractivity contribution >= 4 is 5.91 Å². The van der Waals surface area contributed by atoms with E-state index in [2.05, 4.69) is 5.32 Å². The van der Waals surface area contributed by atoms with Crippen LogP contribution in [0.2, 0.25) is 0 Å².